The molecular weight excluding hydrogens is 216 g/mol. The Kier molecular flexibility index (Phi) is 4.59. The molecule has 0 amide bonds. The van der Waals surface area contributed by atoms with Gasteiger partial charge in [-0.1, -0.05) is 13.8 Å². The minimum absolute atomic E-state index is 0.0466. The average Bonchev–Trinajstić information content (AvgIpc) is 2.14. The highest BCUT2D eigenvalue weighted by molar-refractivity contribution is 5.71. The molecule has 1 aliphatic heterocycles. The first-order valence-electron chi connectivity index (χ1n) is 6.61. The van der Waals surface area contributed by atoms with Crippen molar-refractivity contribution in [3.8, 4) is 0 Å². The van der Waals surface area contributed by atoms with E-state index in [0.717, 1.165) is 19.3 Å². The third-order valence-corrected chi connectivity index (χ3v) is 3.35. The van der Waals surface area contributed by atoms with Crippen LogP contribution in [0, 0.1) is 5.92 Å². The van der Waals surface area contributed by atoms with Gasteiger partial charge in [0.15, 0.2) is 0 Å². The van der Waals surface area contributed by atoms with E-state index in [2.05, 4.69) is 20.8 Å². The van der Waals surface area contributed by atoms with Crippen LogP contribution in [0.2, 0.25) is 0 Å². The fraction of sp³-hybridized carbons (Fsp3) is 0.929. The van der Waals surface area contributed by atoms with Crippen molar-refractivity contribution < 1.29 is 14.3 Å². The van der Waals surface area contributed by atoms with E-state index < -0.39 is 0 Å². The lowest BCUT2D eigenvalue weighted by molar-refractivity contribution is -0.176. The second kappa shape index (κ2) is 5.38. The molecule has 0 aromatic rings. The SMILES string of the molecule is CC(C)C(=O)OCCC1(C)CCCC(C)(C)O1. The maximum atomic E-state index is 11.4. The number of carbonyl (C=O) groups excluding carboxylic acids is 1. The van der Waals surface area contributed by atoms with Gasteiger partial charge in [-0.25, -0.2) is 0 Å². The minimum atomic E-state index is -0.140. The predicted molar refractivity (Wildman–Crippen MR) is 67.8 cm³/mol. The van der Waals surface area contributed by atoms with Gasteiger partial charge in [0, 0.05) is 6.42 Å². The van der Waals surface area contributed by atoms with Gasteiger partial charge in [0.2, 0.25) is 0 Å². The summed E-state index contributed by atoms with van der Waals surface area (Å²) in [6.45, 7) is 10.5. The normalized spacial score (nSPS) is 28.1. The van der Waals surface area contributed by atoms with E-state index in [1.807, 2.05) is 13.8 Å². The number of rotatable bonds is 4. The van der Waals surface area contributed by atoms with Gasteiger partial charge >= 0.3 is 5.97 Å². The fourth-order valence-electron chi connectivity index (χ4n) is 2.37. The molecule has 100 valence electrons. The molecule has 3 heteroatoms. The largest absolute Gasteiger partial charge is 0.465 e. The van der Waals surface area contributed by atoms with Gasteiger partial charge in [0.1, 0.15) is 0 Å². The van der Waals surface area contributed by atoms with Crippen LogP contribution in [0.3, 0.4) is 0 Å². The van der Waals surface area contributed by atoms with Crippen molar-refractivity contribution >= 4 is 5.97 Å². The molecule has 0 spiro atoms. The summed E-state index contributed by atoms with van der Waals surface area (Å²) in [4.78, 5) is 11.4. The second-order valence-corrected chi connectivity index (χ2v) is 6.24. The van der Waals surface area contributed by atoms with Crippen LogP contribution in [0.25, 0.3) is 0 Å². The highest BCUT2D eigenvalue weighted by Gasteiger charge is 2.37. The summed E-state index contributed by atoms with van der Waals surface area (Å²) in [6.07, 6.45) is 4.13. The first-order valence-corrected chi connectivity index (χ1v) is 6.61. The molecule has 1 heterocycles. The number of hydrogen-bond donors (Lipinski definition) is 0. The molecule has 0 aromatic carbocycles. The smallest absolute Gasteiger partial charge is 0.308 e. The molecule has 0 saturated carbocycles. The molecule has 1 atom stereocenters. The predicted octanol–water partition coefficient (Wildman–Crippen LogP) is 3.31. The number of hydrogen-bond acceptors (Lipinski definition) is 3. The first kappa shape index (κ1) is 14.5. The van der Waals surface area contributed by atoms with Crippen LogP contribution < -0.4 is 0 Å². The molecule has 1 unspecified atom stereocenters. The Labute approximate surface area is 105 Å². The van der Waals surface area contributed by atoms with Crippen molar-refractivity contribution in [3.63, 3.8) is 0 Å². The van der Waals surface area contributed by atoms with Crippen LogP contribution in [0.15, 0.2) is 0 Å². The van der Waals surface area contributed by atoms with Gasteiger partial charge in [-0.2, -0.15) is 0 Å². The van der Waals surface area contributed by atoms with Crippen LogP contribution in [0.4, 0.5) is 0 Å². The van der Waals surface area contributed by atoms with Crippen molar-refractivity contribution in [1.29, 1.82) is 0 Å². The van der Waals surface area contributed by atoms with Gasteiger partial charge < -0.3 is 9.47 Å². The molecule has 3 nitrogen and oxygen atoms in total. The lowest BCUT2D eigenvalue weighted by Crippen LogP contribution is -2.44. The molecule has 0 radical (unpaired) electrons. The zero-order valence-corrected chi connectivity index (χ0v) is 11.8. The van der Waals surface area contributed by atoms with E-state index in [9.17, 15) is 4.79 Å². The number of esters is 1. The van der Waals surface area contributed by atoms with Crippen molar-refractivity contribution in [3.05, 3.63) is 0 Å². The van der Waals surface area contributed by atoms with Crippen LogP contribution in [0.1, 0.15) is 60.3 Å². The standard InChI is InChI=1S/C14H26O3/c1-11(2)12(15)16-10-9-14(5)8-6-7-13(3,4)17-14/h11H,6-10H2,1-5H3. The summed E-state index contributed by atoms with van der Waals surface area (Å²) in [7, 11) is 0. The molecule has 1 saturated heterocycles. The number of carbonyl (C=O) groups is 1. The molecular formula is C14H26O3. The Balaban J connectivity index is 2.37. The van der Waals surface area contributed by atoms with E-state index in [0.29, 0.717) is 6.61 Å². The molecule has 0 aliphatic carbocycles. The zero-order valence-electron chi connectivity index (χ0n) is 11.8. The quantitative estimate of drug-likeness (QED) is 0.709. The second-order valence-electron chi connectivity index (χ2n) is 6.24. The van der Waals surface area contributed by atoms with E-state index in [4.69, 9.17) is 9.47 Å². The molecule has 0 aromatic heterocycles. The first-order chi connectivity index (χ1) is 7.74. The van der Waals surface area contributed by atoms with Gasteiger partial charge in [0.25, 0.3) is 0 Å². The van der Waals surface area contributed by atoms with Gasteiger partial charge in [0.05, 0.1) is 23.7 Å². The van der Waals surface area contributed by atoms with Gasteiger partial charge in [-0.15, -0.1) is 0 Å². The van der Waals surface area contributed by atoms with Crippen LogP contribution in [0.5, 0.6) is 0 Å². The summed E-state index contributed by atoms with van der Waals surface area (Å²) in [6, 6.07) is 0. The summed E-state index contributed by atoms with van der Waals surface area (Å²) in [5.74, 6) is -0.171. The highest BCUT2D eigenvalue weighted by Crippen LogP contribution is 2.36. The third-order valence-electron chi connectivity index (χ3n) is 3.35. The topological polar surface area (TPSA) is 35.5 Å². The molecule has 1 fully saturated rings. The van der Waals surface area contributed by atoms with E-state index in [-0.39, 0.29) is 23.1 Å². The lowest BCUT2D eigenvalue weighted by atomic mass is 9.86. The Morgan fingerprint density at radius 1 is 1.29 bits per heavy atom. The summed E-state index contributed by atoms with van der Waals surface area (Å²) >= 11 is 0. The average molecular weight is 242 g/mol. The highest BCUT2D eigenvalue weighted by atomic mass is 16.5. The maximum absolute atomic E-state index is 11.4. The van der Waals surface area contributed by atoms with E-state index >= 15 is 0 Å². The maximum Gasteiger partial charge on any atom is 0.308 e. The van der Waals surface area contributed by atoms with Crippen LogP contribution in [-0.4, -0.2) is 23.8 Å². The monoisotopic (exact) mass is 242 g/mol. The van der Waals surface area contributed by atoms with E-state index in [1.54, 1.807) is 0 Å². The minimum Gasteiger partial charge on any atom is -0.465 e. The molecule has 0 bridgehead atoms. The summed E-state index contributed by atoms with van der Waals surface area (Å²) in [5, 5.41) is 0. The Bertz CT molecular complexity index is 271. The van der Waals surface area contributed by atoms with Crippen LogP contribution in [-0.2, 0) is 14.3 Å². The Morgan fingerprint density at radius 2 is 1.94 bits per heavy atom. The van der Waals surface area contributed by atoms with Crippen LogP contribution >= 0.6 is 0 Å². The molecule has 0 N–H and O–H groups in total. The third kappa shape index (κ3) is 4.66. The molecule has 1 aliphatic rings. The van der Waals surface area contributed by atoms with Gasteiger partial charge in [-0.05, 0) is 40.0 Å². The van der Waals surface area contributed by atoms with E-state index in [1.165, 1.54) is 6.42 Å². The Morgan fingerprint density at radius 3 is 2.47 bits per heavy atom. The van der Waals surface area contributed by atoms with Crippen molar-refractivity contribution in [2.75, 3.05) is 6.61 Å². The lowest BCUT2D eigenvalue weighted by Gasteiger charge is -2.43. The van der Waals surface area contributed by atoms with Crippen molar-refractivity contribution in [2.24, 2.45) is 5.92 Å². The molecule has 17 heavy (non-hydrogen) atoms. The Hall–Kier alpha value is -0.570. The summed E-state index contributed by atoms with van der Waals surface area (Å²) < 4.78 is 11.3. The molecule has 1 rings (SSSR count). The zero-order chi connectivity index (χ0) is 13.1. The van der Waals surface area contributed by atoms with Crippen molar-refractivity contribution in [2.45, 2.75) is 71.5 Å². The fourth-order valence-corrected chi connectivity index (χ4v) is 2.37. The number of ether oxygens (including phenoxy) is 2. The van der Waals surface area contributed by atoms with Gasteiger partial charge in [-0.3, -0.25) is 4.79 Å². The summed E-state index contributed by atoms with van der Waals surface area (Å²) in [5.41, 5.74) is -0.186. The van der Waals surface area contributed by atoms with Crippen molar-refractivity contribution in [1.82, 2.24) is 0 Å².